The first-order valence-electron chi connectivity index (χ1n) is 8.72. The van der Waals surface area contributed by atoms with Crippen LogP contribution in [0.1, 0.15) is 10.5 Å². The zero-order valence-corrected chi connectivity index (χ0v) is 17.2. The van der Waals surface area contributed by atoms with Crippen LogP contribution in [0, 0.1) is 0 Å². The Bertz CT molecular complexity index is 1130. The first-order valence-corrected chi connectivity index (χ1v) is 11.0. The highest BCUT2D eigenvalue weighted by atomic mass is 79.9. The lowest BCUT2D eigenvalue weighted by Crippen LogP contribution is -2.50. The SMILES string of the molecule is O=C(c1cnc2ccccc2n1)N1CCN(S(=O)(=O)c2ccc(Br)cc2)CC1. The predicted octanol–water partition coefficient (Wildman–Crippen LogP) is 2.54. The third-order valence-electron chi connectivity index (χ3n) is 4.64. The van der Waals surface area contributed by atoms with E-state index in [9.17, 15) is 13.2 Å². The van der Waals surface area contributed by atoms with Crippen LogP contribution in [0.3, 0.4) is 0 Å². The lowest BCUT2D eigenvalue weighted by atomic mass is 10.2. The predicted molar refractivity (Wildman–Crippen MR) is 108 cm³/mol. The summed E-state index contributed by atoms with van der Waals surface area (Å²) < 4.78 is 27.8. The Morgan fingerprint density at radius 2 is 1.57 bits per heavy atom. The summed E-state index contributed by atoms with van der Waals surface area (Å²) in [6.07, 6.45) is 1.47. The summed E-state index contributed by atoms with van der Waals surface area (Å²) in [7, 11) is -3.57. The van der Waals surface area contributed by atoms with Gasteiger partial charge in [-0.05, 0) is 36.4 Å². The van der Waals surface area contributed by atoms with Crippen molar-refractivity contribution in [2.24, 2.45) is 0 Å². The van der Waals surface area contributed by atoms with E-state index in [1.54, 1.807) is 29.2 Å². The van der Waals surface area contributed by atoms with Crippen LogP contribution in [0.25, 0.3) is 11.0 Å². The smallest absolute Gasteiger partial charge is 0.274 e. The molecule has 1 aromatic heterocycles. The van der Waals surface area contributed by atoms with E-state index in [-0.39, 0.29) is 29.6 Å². The van der Waals surface area contributed by atoms with Crippen LogP contribution < -0.4 is 0 Å². The summed E-state index contributed by atoms with van der Waals surface area (Å²) in [4.78, 5) is 23.3. The van der Waals surface area contributed by atoms with Gasteiger partial charge in [0.2, 0.25) is 10.0 Å². The van der Waals surface area contributed by atoms with Crippen LogP contribution in [0.5, 0.6) is 0 Å². The number of nitrogens with zero attached hydrogens (tertiary/aromatic N) is 4. The second-order valence-corrected chi connectivity index (χ2v) is 9.25. The molecule has 9 heteroatoms. The number of piperazine rings is 1. The first-order chi connectivity index (χ1) is 13.4. The van der Waals surface area contributed by atoms with Crippen LogP contribution in [-0.4, -0.2) is 59.7 Å². The number of carbonyl (C=O) groups excluding carboxylic acids is 1. The number of rotatable bonds is 3. The third-order valence-corrected chi connectivity index (χ3v) is 7.09. The van der Waals surface area contributed by atoms with Crippen molar-refractivity contribution < 1.29 is 13.2 Å². The highest BCUT2D eigenvalue weighted by molar-refractivity contribution is 9.10. The quantitative estimate of drug-likeness (QED) is 0.599. The molecule has 3 aromatic rings. The number of carbonyl (C=O) groups is 1. The zero-order valence-electron chi connectivity index (χ0n) is 14.8. The Morgan fingerprint density at radius 1 is 0.929 bits per heavy atom. The van der Waals surface area contributed by atoms with E-state index < -0.39 is 10.0 Å². The van der Waals surface area contributed by atoms with Gasteiger partial charge in [-0.1, -0.05) is 28.1 Å². The molecule has 28 heavy (non-hydrogen) atoms. The molecule has 1 fully saturated rings. The van der Waals surface area contributed by atoms with Crippen LogP contribution in [-0.2, 0) is 10.0 Å². The number of para-hydroxylation sites is 2. The number of sulfonamides is 1. The molecular formula is C19H17BrN4O3S. The van der Waals surface area contributed by atoms with Crippen molar-refractivity contribution in [3.8, 4) is 0 Å². The van der Waals surface area contributed by atoms with Gasteiger partial charge in [0.15, 0.2) is 0 Å². The van der Waals surface area contributed by atoms with Gasteiger partial charge in [-0.25, -0.2) is 13.4 Å². The van der Waals surface area contributed by atoms with Crippen molar-refractivity contribution in [2.75, 3.05) is 26.2 Å². The van der Waals surface area contributed by atoms with Crippen molar-refractivity contribution in [2.45, 2.75) is 4.90 Å². The van der Waals surface area contributed by atoms with E-state index in [4.69, 9.17) is 0 Å². The molecule has 0 saturated carbocycles. The number of benzene rings is 2. The average Bonchev–Trinajstić information content (AvgIpc) is 2.73. The molecule has 7 nitrogen and oxygen atoms in total. The summed E-state index contributed by atoms with van der Waals surface area (Å²) in [5.74, 6) is -0.237. The summed E-state index contributed by atoms with van der Waals surface area (Å²) in [5, 5.41) is 0. The van der Waals surface area contributed by atoms with Crippen LogP contribution in [0.15, 0.2) is 64.1 Å². The van der Waals surface area contributed by atoms with E-state index in [1.165, 1.54) is 10.5 Å². The average molecular weight is 461 g/mol. The molecule has 0 N–H and O–H groups in total. The molecule has 0 radical (unpaired) electrons. The molecule has 1 saturated heterocycles. The summed E-state index contributed by atoms with van der Waals surface area (Å²) in [6.45, 7) is 1.10. The van der Waals surface area contributed by atoms with E-state index in [0.29, 0.717) is 18.6 Å². The number of fused-ring (bicyclic) bond motifs is 1. The van der Waals surface area contributed by atoms with Gasteiger partial charge < -0.3 is 4.90 Å². The largest absolute Gasteiger partial charge is 0.335 e. The topological polar surface area (TPSA) is 83.5 Å². The summed E-state index contributed by atoms with van der Waals surface area (Å²) in [5.41, 5.74) is 1.65. The normalized spacial score (nSPS) is 15.7. The molecule has 4 rings (SSSR count). The maximum absolute atomic E-state index is 12.8. The molecule has 2 aromatic carbocycles. The fourth-order valence-electron chi connectivity index (χ4n) is 3.11. The second kappa shape index (κ2) is 7.57. The van der Waals surface area contributed by atoms with Crippen molar-refractivity contribution in [3.05, 3.63) is 64.9 Å². The molecule has 0 aliphatic carbocycles. The van der Waals surface area contributed by atoms with Crippen LogP contribution in [0.2, 0.25) is 0 Å². The fraction of sp³-hybridized carbons (Fsp3) is 0.211. The lowest BCUT2D eigenvalue weighted by molar-refractivity contribution is 0.0692. The van der Waals surface area contributed by atoms with Crippen molar-refractivity contribution in [1.82, 2.24) is 19.2 Å². The van der Waals surface area contributed by atoms with Crippen LogP contribution in [0.4, 0.5) is 0 Å². The molecule has 0 atom stereocenters. The molecule has 0 bridgehead atoms. The number of hydrogen-bond donors (Lipinski definition) is 0. The minimum atomic E-state index is -3.57. The van der Waals surface area contributed by atoms with Crippen molar-refractivity contribution >= 4 is 42.9 Å². The van der Waals surface area contributed by atoms with Crippen LogP contribution >= 0.6 is 15.9 Å². The number of hydrogen-bond acceptors (Lipinski definition) is 5. The molecule has 1 amide bonds. The summed E-state index contributed by atoms with van der Waals surface area (Å²) in [6, 6.07) is 13.9. The Hall–Kier alpha value is -2.36. The van der Waals surface area contributed by atoms with Gasteiger partial charge in [-0.2, -0.15) is 4.31 Å². The standard InChI is InChI=1S/C19H17BrN4O3S/c20-14-5-7-15(8-6-14)28(26,27)24-11-9-23(10-12-24)19(25)18-13-21-16-3-1-2-4-17(16)22-18/h1-8,13H,9-12H2. The van der Waals surface area contributed by atoms with Gasteiger partial charge >= 0.3 is 0 Å². The van der Waals surface area contributed by atoms with Crippen molar-refractivity contribution in [1.29, 1.82) is 0 Å². The highest BCUT2D eigenvalue weighted by Gasteiger charge is 2.30. The van der Waals surface area contributed by atoms with Gasteiger partial charge in [0.1, 0.15) is 5.69 Å². The molecule has 0 unspecified atom stereocenters. The Morgan fingerprint density at radius 3 is 2.25 bits per heavy atom. The number of aromatic nitrogens is 2. The number of halogens is 1. The molecule has 2 heterocycles. The zero-order chi connectivity index (χ0) is 19.7. The lowest BCUT2D eigenvalue weighted by Gasteiger charge is -2.33. The molecule has 1 aliphatic rings. The molecule has 1 aliphatic heterocycles. The monoisotopic (exact) mass is 460 g/mol. The molecule has 0 spiro atoms. The maximum atomic E-state index is 12.8. The van der Waals surface area contributed by atoms with E-state index in [2.05, 4.69) is 25.9 Å². The maximum Gasteiger partial charge on any atom is 0.274 e. The number of amides is 1. The highest BCUT2D eigenvalue weighted by Crippen LogP contribution is 2.20. The van der Waals surface area contributed by atoms with Gasteiger partial charge in [-0.3, -0.25) is 9.78 Å². The fourth-order valence-corrected chi connectivity index (χ4v) is 4.80. The molecular weight excluding hydrogens is 444 g/mol. The van der Waals surface area contributed by atoms with Gasteiger partial charge in [0, 0.05) is 30.7 Å². The minimum Gasteiger partial charge on any atom is -0.335 e. The Labute approximate surface area is 171 Å². The first kappa shape index (κ1) is 19.0. The van der Waals surface area contributed by atoms with Gasteiger partial charge in [0.25, 0.3) is 5.91 Å². The van der Waals surface area contributed by atoms with E-state index in [1.807, 2.05) is 24.3 Å². The third kappa shape index (κ3) is 3.65. The van der Waals surface area contributed by atoms with Crippen molar-refractivity contribution in [3.63, 3.8) is 0 Å². The Balaban J connectivity index is 1.47. The van der Waals surface area contributed by atoms with Gasteiger partial charge in [-0.15, -0.1) is 0 Å². The van der Waals surface area contributed by atoms with E-state index in [0.717, 1.165) is 9.99 Å². The molecule has 144 valence electrons. The second-order valence-electron chi connectivity index (χ2n) is 6.39. The Kier molecular flexibility index (Phi) is 5.13. The summed E-state index contributed by atoms with van der Waals surface area (Å²) >= 11 is 3.31. The van der Waals surface area contributed by atoms with Gasteiger partial charge in [0.05, 0.1) is 22.1 Å². The minimum absolute atomic E-state index is 0.237. The van der Waals surface area contributed by atoms with E-state index >= 15 is 0 Å².